The number of nitrogens with zero attached hydrogens (tertiary/aromatic N) is 4. The van der Waals surface area contributed by atoms with E-state index in [0.29, 0.717) is 55.1 Å². The predicted molar refractivity (Wildman–Crippen MR) is 203 cm³/mol. The summed E-state index contributed by atoms with van der Waals surface area (Å²) >= 11 is 0. The number of nitrogens with two attached hydrogens (primary N) is 1. The van der Waals surface area contributed by atoms with Crippen molar-refractivity contribution in [3.8, 4) is 11.5 Å². The molecule has 54 heavy (non-hydrogen) atoms. The van der Waals surface area contributed by atoms with E-state index in [1.54, 1.807) is 16.8 Å². The lowest BCUT2D eigenvalue weighted by atomic mass is 9.89. The fraction of sp³-hybridized carbons (Fsp3) is 0.538. The molecule has 2 aromatic carbocycles. The molecule has 7 rings (SSSR count). The number of guanidine groups is 1. The summed E-state index contributed by atoms with van der Waals surface area (Å²) in [5, 5.41) is 20.4. The van der Waals surface area contributed by atoms with Crippen molar-refractivity contribution >= 4 is 23.4 Å². The van der Waals surface area contributed by atoms with Crippen molar-refractivity contribution in [3.05, 3.63) is 75.8 Å². The van der Waals surface area contributed by atoms with E-state index in [0.717, 1.165) is 94.7 Å². The third kappa shape index (κ3) is 9.19. The van der Waals surface area contributed by atoms with Crippen LogP contribution in [0.2, 0.25) is 0 Å². The Morgan fingerprint density at radius 3 is 2.50 bits per heavy atom. The summed E-state index contributed by atoms with van der Waals surface area (Å²) in [6, 6.07) is 10.7. The largest absolute Gasteiger partial charge is 0.450 e. The van der Waals surface area contributed by atoms with E-state index in [2.05, 4.69) is 43.3 Å². The molecule has 0 spiro atoms. The van der Waals surface area contributed by atoms with Crippen molar-refractivity contribution in [1.29, 1.82) is 5.41 Å². The fourth-order valence-corrected chi connectivity index (χ4v) is 8.38. The lowest BCUT2D eigenvalue weighted by Crippen LogP contribution is -2.49. The molecule has 0 atom stereocenters. The van der Waals surface area contributed by atoms with Crippen LogP contribution in [0.1, 0.15) is 80.9 Å². The molecule has 0 unspecified atom stereocenters. The van der Waals surface area contributed by atoms with Gasteiger partial charge >= 0.3 is 5.69 Å². The van der Waals surface area contributed by atoms with Crippen LogP contribution in [0.4, 0.5) is 20.3 Å². The zero-order valence-corrected chi connectivity index (χ0v) is 30.7. The van der Waals surface area contributed by atoms with Crippen LogP contribution in [0, 0.1) is 17.0 Å². The molecule has 4 heterocycles. The highest BCUT2D eigenvalue weighted by molar-refractivity contribution is 5.78. The first-order valence-electron chi connectivity index (χ1n) is 19.4. The van der Waals surface area contributed by atoms with Crippen molar-refractivity contribution in [2.45, 2.75) is 88.4 Å². The number of benzene rings is 2. The number of fused-ring (bicyclic) bond motifs is 2. The molecule has 3 fully saturated rings. The highest BCUT2D eigenvalue weighted by Gasteiger charge is 2.30. The molecular formula is C39H52F2N10O3. The van der Waals surface area contributed by atoms with E-state index < -0.39 is 11.6 Å². The molecule has 290 valence electrons. The molecule has 1 amide bonds. The number of carbonyl (C=O) groups excluding carboxylic acids is 1. The van der Waals surface area contributed by atoms with Gasteiger partial charge in [-0.05, 0) is 119 Å². The van der Waals surface area contributed by atoms with Crippen LogP contribution in [-0.2, 0) is 11.3 Å². The van der Waals surface area contributed by atoms with Gasteiger partial charge in [0.15, 0.2) is 34.9 Å². The summed E-state index contributed by atoms with van der Waals surface area (Å²) in [6.07, 6.45) is 9.76. The molecule has 15 heteroatoms. The fourth-order valence-electron chi connectivity index (χ4n) is 8.38. The van der Waals surface area contributed by atoms with Gasteiger partial charge in [0.1, 0.15) is 0 Å². The molecule has 1 aliphatic carbocycles. The standard InChI is InChI=1S/C39H52F2N10O3/c40-31-8-2-25(20-32(31)41)22-50(29-10-16-44-17-11-29)24-36(52)49-18-12-26(13-19-49)27-3-9-34-33(21-27)47-37-35(54-34)23-51(39(53)48-37)30-6-4-28(5-7-30)45-14-1-15-46-38(42)43/h2-3,8-9,20-21,23,26,28-30,44-45H,1,4-7,10-19,22,24H2,(H4,42,43,46)(H,47,48,53)/t28-,30-. The monoisotopic (exact) mass is 746 g/mol. The molecule has 1 aromatic heterocycles. The van der Waals surface area contributed by atoms with Crippen molar-refractivity contribution in [3.63, 3.8) is 0 Å². The molecule has 4 aliphatic rings. The van der Waals surface area contributed by atoms with Gasteiger partial charge in [-0.3, -0.25) is 19.7 Å². The Labute approximate surface area is 314 Å². The number of ether oxygens (including phenoxy) is 1. The number of anilines is 2. The molecular weight excluding hydrogens is 694 g/mol. The zero-order valence-electron chi connectivity index (χ0n) is 30.7. The summed E-state index contributed by atoms with van der Waals surface area (Å²) < 4.78 is 35.6. The summed E-state index contributed by atoms with van der Waals surface area (Å²) in [6.45, 7) is 5.14. The minimum Gasteiger partial charge on any atom is -0.450 e. The minimum absolute atomic E-state index is 0.00953. The van der Waals surface area contributed by atoms with Gasteiger partial charge in [0.05, 0.1) is 18.4 Å². The number of piperidine rings is 2. The van der Waals surface area contributed by atoms with Crippen molar-refractivity contribution in [2.24, 2.45) is 5.73 Å². The van der Waals surface area contributed by atoms with Gasteiger partial charge in [0.2, 0.25) is 5.91 Å². The maximum absolute atomic E-state index is 14.0. The van der Waals surface area contributed by atoms with E-state index in [-0.39, 0.29) is 42.1 Å². The molecule has 0 radical (unpaired) electrons. The highest BCUT2D eigenvalue weighted by atomic mass is 19.2. The van der Waals surface area contributed by atoms with Crippen LogP contribution in [0.15, 0.2) is 47.4 Å². The number of hydrogen-bond acceptors (Lipinski definition) is 9. The van der Waals surface area contributed by atoms with Gasteiger partial charge in [0, 0.05) is 44.3 Å². The number of nitrogens with one attached hydrogen (secondary N) is 5. The van der Waals surface area contributed by atoms with Gasteiger partial charge in [-0.1, -0.05) is 12.1 Å². The Balaban J connectivity index is 0.919. The second kappa shape index (κ2) is 17.2. The van der Waals surface area contributed by atoms with E-state index >= 15 is 0 Å². The van der Waals surface area contributed by atoms with Crippen LogP contribution >= 0.6 is 0 Å². The molecule has 3 aliphatic heterocycles. The van der Waals surface area contributed by atoms with Gasteiger partial charge < -0.3 is 36.6 Å². The van der Waals surface area contributed by atoms with Gasteiger partial charge in [-0.25, -0.2) is 13.6 Å². The second-order valence-corrected chi connectivity index (χ2v) is 15.1. The lowest BCUT2D eigenvalue weighted by molar-refractivity contribution is -0.134. The molecule has 0 bridgehead atoms. The van der Waals surface area contributed by atoms with Crippen LogP contribution in [0.5, 0.6) is 11.5 Å². The molecule has 1 saturated carbocycles. The smallest absolute Gasteiger partial charge is 0.350 e. The average Bonchev–Trinajstić information content (AvgIpc) is 3.18. The Morgan fingerprint density at radius 2 is 1.76 bits per heavy atom. The number of likely N-dealkylation sites (tertiary alicyclic amines) is 1. The highest BCUT2D eigenvalue weighted by Crippen LogP contribution is 2.43. The Kier molecular flexibility index (Phi) is 12.0. The van der Waals surface area contributed by atoms with E-state index in [1.807, 2.05) is 11.0 Å². The quantitative estimate of drug-likeness (QED) is 0.0701. The van der Waals surface area contributed by atoms with E-state index in [9.17, 15) is 18.4 Å². The second-order valence-electron chi connectivity index (χ2n) is 15.1. The molecule has 7 N–H and O–H groups in total. The first kappa shape index (κ1) is 37.7. The number of rotatable bonds is 12. The summed E-state index contributed by atoms with van der Waals surface area (Å²) in [5.74, 6) is 0.190. The van der Waals surface area contributed by atoms with Crippen LogP contribution in [0.25, 0.3) is 0 Å². The third-order valence-corrected chi connectivity index (χ3v) is 11.4. The maximum atomic E-state index is 14.0. The summed E-state index contributed by atoms with van der Waals surface area (Å²) in [7, 11) is 0. The van der Waals surface area contributed by atoms with Crippen LogP contribution in [0.3, 0.4) is 0 Å². The van der Waals surface area contributed by atoms with Crippen molar-refractivity contribution < 1.29 is 18.3 Å². The maximum Gasteiger partial charge on any atom is 0.350 e. The first-order chi connectivity index (χ1) is 26.2. The van der Waals surface area contributed by atoms with Crippen molar-refractivity contribution in [2.75, 3.05) is 51.1 Å². The normalized spacial score (nSPS) is 20.5. The topological polar surface area (TPSA) is 166 Å². The number of aromatic nitrogens is 2. The van der Waals surface area contributed by atoms with Gasteiger partial charge in [-0.2, -0.15) is 4.98 Å². The Morgan fingerprint density at radius 1 is 0.981 bits per heavy atom. The predicted octanol–water partition coefficient (Wildman–Crippen LogP) is 4.28. The number of carbonyl (C=O) groups is 1. The van der Waals surface area contributed by atoms with Crippen molar-refractivity contribution in [1.82, 2.24) is 35.3 Å². The Hall–Kier alpha value is -4.60. The molecule has 13 nitrogen and oxygen atoms in total. The average molecular weight is 747 g/mol. The summed E-state index contributed by atoms with van der Waals surface area (Å²) in [5.41, 5.74) is 7.61. The molecule has 3 aromatic rings. The van der Waals surface area contributed by atoms with E-state index in [1.165, 1.54) is 6.07 Å². The lowest BCUT2D eigenvalue weighted by Gasteiger charge is -2.37. The van der Waals surface area contributed by atoms with Crippen LogP contribution < -0.4 is 37.4 Å². The number of amides is 1. The SMILES string of the molecule is N=C(N)NCCCN[C@H]1CC[C@H](n2cc3c(nc2=O)Nc2cc(C4CCN(C(=O)CN(Cc5ccc(F)c(F)c5)C5CCNCC5)CC4)ccc2O3)CC1. The van der Waals surface area contributed by atoms with E-state index in [4.69, 9.17) is 15.9 Å². The van der Waals surface area contributed by atoms with Gasteiger partial charge in [-0.15, -0.1) is 0 Å². The zero-order chi connectivity index (χ0) is 37.6. The number of hydrogen-bond donors (Lipinski definition) is 6. The molecule has 2 saturated heterocycles. The minimum atomic E-state index is -0.870. The van der Waals surface area contributed by atoms with Gasteiger partial charge in [0.25, 0.3) is 0 Å². The Bertz CT molecular complexity index is 1850. The number of halogens is 2. The summed E-state index contributed by atoms with van der Waals surface area (Å²) in [4.78, 5) is 35.3. The first-order valence-corrected chi connectivity index (χ1v) is 19.4. The van der Waals surface area contributed by atoms with Crippen LogP contribution in [-0.4, -0.2) is 89.1 Å². The third-order valence-electron chi connectivity index (χ3n) is 11.4.